The third kappa shape index (κ3) is 5.96. The summed E-state index contributed by atoms with van der Waals surface area (Å²) in [6, 6.07) is 18.8. The largest absolute Gasteiger partial charge is 0.387 e. The molecule has 0 aromatic heterocycles. The molecular formula is C24H28BrFN2O4S. The first kappa shape index (κ1) is 24.6. The first-order valence-electron chi connectivity index (χ1n) is 10.8. The van der Waals surface area contributed by atoms with Gasteiger partial charge < -0.3 is 24.2 Å². The molecule has 9 heteroatoms. The smallest absolute Gasteiger partial charge is 0.183 e. The minimum absolute atomic E-state index is 0.195. The zero-order valence-electron chi connectivity index (χ0n) is 18.5. The molecule has 0 amide bonds. The predicted octanol–water partition coefficient (Wildman–Crippen LogP) is 3.97. The number of aliphatic imine (C=N–C) groups is 1. The minimum atomic E-state index is -1.53. The van der Waals surface area contributed by atoms with Crippen molar-refractivity contribution in [2.24, 2.45) is 4.99 Å². The topological polar surface area (TPSA) is 63.5 Å². The number of nitrogens with zero attached hydrogens (tertiary/aromatic N) is 2. The Morgan fingerprint density at radius 3 is 2.27 bits per heavy atom. The average molecular weight is 539 g/mol. The maximum absolute atomic E-state index is 14.7. The maximum Gasteiger partial charge on any atom is 0.183 e. The summed E-state index contributed by atoms with van der Waals surface area (Å²) in [5.41, 5.74) is 1.47. The van der Waals surface area contributed by atoms with E-state index in [4.69, 9.17) is 19.2 Å². The van der Waals surface area contributed by atoms with Crippen LogP contribution in [0.25, 0.3) is 0 Å². The first-order chi connectivity index (χ1) is 15.9. The molecule has 1 N–H and O–H groups in total. The molecule has 33 heavy (non-hydrogen) atoms. The van der Waals surface area contributed by atoms with Crippen LogP contribution in [0.15, 0.2) is 65.7 Å². The Kier molecular flexibility index (Phi) is 8.43. The lowest BCUT2D eigenvalue weighted by molar-refractivity contribution is -0.214. The molecule has 2 aliphatic heterocycles. The van der Waals surface area contributed by atoms with Gasteiger partial charge in [-0.25, -0.2) is 4.39 Å². The van der Waals surface area contributed by atoms with Gasteiger partial charge in [-0.15, -0.1) is 0 Å². The Morgan fingerprint density at radius 2 is 1.70 bits per heavy atom. The fraction of sp³-hybridized carbons (Fsp3) is 0.458. The Bertz CT molecular complexity index is 921. The molecular weight excluding hydrogens is 511 g/mol. The SMILES string of the molecule is CN(C)C1=N[C@@H]2[C@@H](OCc3ccccc3)[C@H](O)[C@@H](C(OCc3ccccc3)C(F)Br)O[C@@H]2S1. The average Bonchev–Trinajstić information content (AvgIpc) is 3.24. The molecule has 0 bridgehead atoms. The van der Waals surface area contributed by atoms with Crippen LogP contribution in [-0.4, -0.2) is 70.2 Å². The van der Waals surface area contributed by atoms with Gasteiger partial charge in [0, 0.05) is 14.1 Å². The Morgan fingerprint density at radius 1 is 1.09 bits per heavy atom. The summed E-state index contributed by atoms with van der Waals surface area (Å²) in [4.78, 5) is 6.63. The molecule has 4 rings (SSSR count). The van der Waals surface area contributed by atoms with Crippen molar-refractivity contribution in [2.45, 2.75) is 54.2 Å². The highest BCUT2D eigenvalue weighted by Crippen LogP contribution is 2.40. The zero-order valence-corrected chi connectivity index (χ0v) is 20.9. The van der Waals surface area contributed by atoms with Gasteiger partial charge in [0.25, 0.3) is 0 Å². The highest BCUT2D eigenvalue weighted by molar-refractivity contribution is 9.09. The van der Waals surface area contributed by atoms with Gasteiger partial charge in [0.2, 0.25) is 0 Å². The van der Waals surface area contributed by atoms with Gasteiger partial charge in [0.05, 0.1) is 13.2 Å². The first-order valence-corrected chi connectivity index (χ1v) is 12.6. The number of hydrogen-bond acceptors (Lipinski definition) is 7. The van der Waals surface area contributed by atoms with Crippen LogP contribution < -0.4 is 0 Å². The molecule has 2 unspecified atom stereocenters. The van der Waals surface area contributed by atoms with Gasteiger partial charge in [-0.1, -0.05) is 72.4 Å². The van der Waals surface area contributed by atoms with Crippen molar-refractivity contribution in [1.82, 2.24) is 4.90 Å². The van der Waals surface area contributed by atoms with Crippen LogP contribution in [0.5, 0.6) is 0 Å². The number of ether oxygens (including phenoxy) is 3. The number of halogens is 2. The lowest BCUT2D eigenvalue weighted by Crippen LogP contribution is -2.60. The van der Waals surface area contributed by atoms with Crippen LogP contribution >= 0.6 is 27.7 Å². The molecule has 0 aliphatic carbocycles. The summed E-state index contributed by atoms with van der Waals surface area (Å²) in [5, 5.41) is 10.5. The number of aliphatic hydroxyl groups excluding tert-OH is 1. The molecule has 1 saturated heterocycles. The molecule has 6 nitrogen and oxygen atoms in total. The zero-order chi connectivity index (χ0) is 23.4. The van der Waals surface area contributed by atoms with Crippen molar-refractivity contribution in [3.05, 3.63) is 71.8 Å². The second-order valence-corrected chi connectivity index (χ2v) is 10.2. The van der Waals surface area contributed by atoms with E-state index < -0.39 is 41.0 Å². The minimum Gasteiger partial charge on any atom is -0.387 e. The number of benzene rings is 2. The monoisotopic (exact) mass is 538 g/mol. The van der Waals surface area contributed by atoms with Crippen LogP contribution in [0, 0.1) is 0 Å². The van der Waals surface area contributed by atoms with E-state index in [0.29, 0.717) is 6.61 Å². The van der Waals surface area contributed by atoms with Crippen molar-refractivity contribution >= 4 is 32.9 Å². The number of aliphatic hydroxyl groups is 1. The van der Waals surface area contributed by atoms with Crippen molar-refractivity contribution in [1.29, 1.82) is 0 Å². The number of hydrogen-bond donors (Lipinski definition) is 1. The number of rotatable bonds is 8. The van der Waals surface area contributed by atoms with Gasteiger partial charge in [0.15, 0.2) is 10.2 Å². The van der Waals surface area contributed by atoms with Crippen molar-refractivity contribution in [2.75, 3.05) is 14.1 Å². The maximum atomic E-state index is 14.7. The van der Waals surface area contributed by atoms with E-state index in [-0.39, 0.29) is 6.61 Å². The van der Waals surface area contributed by atoms with E-state index in [0.717, 1.165) is 16.3 Å². The Labute approximate surface area is 206 Å². The van der Waals surface area contributed by atoms with E-state index >= 15 is 0 Å². The predicted molar refractivity (Wildman–Crippen MR) is 131 cm³/mol. The summed E-state index contributed by atoms with van der Waals surface area (Å²) in [7, 11) is 3.80. The van der Waals surface area contributed by atoms with Crippen LogP contribution in [0.3, 0.4) is 0 Å². The molecule has 0 saturated carbocycles. The van der Waals surface area contributed by atoms with E-state index in [2.05, 4.69) is 15.9 Å². The summed E-state index contributed by atoms with van der Waals surface area (Å²) in [6.07, 6.45) is -3.77. The lowest BCUT2D eigenvalue weighted by atomic mass is 9.94. The number of fused-ring (bicyclic) bond motifs is 1. The molecule has 178 valence electrons. The third-order valence-electron chi connectivity index (χ3n) is 5.59. The normalized spacial score (nSPS) is 28.6. The van der Waals surface area contributed by atoms with Crippen molar-refractivity contribution < 1.29 is 23.7 Å². The molecule has 2 aliphatic rings. The highest BCUT2D eigenvalue weighted by Gasteiger charge is 2.53. The Hall–Kier alpha value is -1.49. The molecule has 2 aromatic rings. The summed E-state index contributed by atoms with van der Waals surface area (Å²) < 4.78 is 33.0. The van der Waals surface area contributed by atoms with Gasteiger partial charge >= 0.3 is 0 Å². The summed E-state index contributed by atoms with van der Waals surface area (Å²) >= 11 is 4.46. The molecule has 1 fully saturated rings. The van der Waals surface area contributed by atoms with Crippen LogP contribution in [0.2, 0.25) is 0 Å². The number of thioether (sulfide) groups is 1. The molecule has 2 aromatic carbocycles. The van der Waals surface area contributed by atoms with E-state index in [9.17, 15) is 9.50 Å². The fourth-order valence-corrected chi connectivity index (χ4v) is 5.48. The quantitative estimate of drug-likeness (QED) is 0.513. The number of alkyl halides is 2. The second kappa shape index (κ2) is 11.3. The van der Waals surface area contributed by atoms with Gasteiger partial charge in [-0.2, -0.15) is 0 Å². The third-order valence-corrected chi connectivity index (χ3v) is 7.41. The molecule has 7 atom stereocenters. The second-order valence-electron chi connectivity index (χ2n) is 8.23. The molecule has 0 radical (unpaired) electrons. The van der Waals surface area contributed by atoms with Crippen molar-refractivity contribution in [3.63, 3.8) is 0 Å². The fourth-order valence-electron chi connectivity index (χ4n) is 3.89. The molecule has 2 heterocycles. The van der Waals surface area contributed by atoms with E-state index in [1.165, 1.54) is 11.8 Å². The van der Waals surface area contributed by atoms with E-state index in [1.807, 2.05) is 79.7 Å². The lowest BCUT2D eigenvalue weighted by Gasteiger charge is -2.43. The van der Waals surface area contributed by atoms with E-state index in [1.54, 1.807) is 0 Å². The summed E-state index contributed by atoms with van der Waals surface area (Å²) in [6.45, 7) is 0.499. The van der Waals surface area contributed by atoms with Gasteiger partial charge in [-0.05, 0) is 27.1 Å². The van der Waals surface area contributed by atoms with Crippen LogP contribution in [0.4, 0.5) is 4.39 Å². The summed E-state index contributed by atoms with van der Waals surface area (Å²) in [5.74, 6) is 0. The highest BCUT2D eigenvalue weighted by atomic mass is 79.9. The van der Waals surface area contributed by atoms with Crippen molar-refractivity contribution in [3.8, 4) is 0 Å². The van der Waals surface area contributed by atoms with Gasteiger partial charge in [0.1, 0.15) is 35.9 Å². The van der Waals surface area contributed by atoms with Crippen LogP contribution in [-0.2, 0) is 27.4 Å². The number of amidine groups is 1. The van der Waals surface area contributed by atoms with Gasteiger partial charge in [-0.3, -0.25) is 4.99 Å². The Balaban J connectivity index is 1.54. The standard InChI is InChI=1S/C24H28BrFN2O4S/c1-28(2)24-27-17-19(30-13-15-9-5-3-6-10-15)18(29)20(32-23(17)33-24)21(22(25)26)31-14-16-11-7-4-8-12-16/h3-12,17-23,29H,13-14H2,1-2H3/t17-,18+,19-,20+,21?,22?,23-/m1/s1. The molecule has 0 spiro atoms. The van der Waals surface area contributed by atoms with Crippen LogP contribution in [0.1, 0.15) is 11.1 Å².